The highest BCUT2D eigenvalue weighted by Crippen LogP contribution is 2.25. The van der Waals surface area contributed by atoms with Gasteiger partial charge < -0.3 is 14.6 Å². The molecule has 1 N–H and O–H groups in total. The molecule has 1 aliphatic rings. The van der Waals surface area contributed by atoms with E-state index in [0.29, 0.717) is 12.4 Å². The molecule has 4 nitrogen and oxygen atoms in total. The number of halogens is 1. The molecular formula is C12H13IO4. The van der Waals surface area contributed by atoms with Crippen LogP contribution in [-0.2, 0) is 4.74 Å². The third kappa shape index (κ3) is 3.32. The van der Waals surface area contributed by atoms with Crippen molar-refractivity contribution >= 4 is 28.6 Å². The Morgan fingerprint density at radius 3 is 3.00 bits per heavy atom. The fraction of sp³-hybridized carbons (Fsp3) is 0.417. The van der Waals surface area contributed by atoms with E-state index in [1.54, 1.807) is 18.2 Å². The van der Waals surface area contributed by atoms with Gasteiger partial charge in [0, 0.05) is 6.61 Å². The molecule has 1 aromatic rings. The van der Waals surface area contributed by atoms with Crippen molar-refractivity contribution in [3.05, 3.63) is 27.3 Å². The van der Waals surface area contributed by atoms with E-state index < -0.39 is 5.97 Å². The van der Waals surface area contributed by atoms with E-state index in [1.165, 1.54) is 0 Å². The predicted molar refractivity (Wildman–Crippen MR) is 70.6 cm³/mol. The second-order valence-corrected chi connectivity index (χ2v) is 5.07. The van der Waals surface area contributed by atoms with E-state index in [4.69, 9.17) is 14.6 Å². The highest BCUT2D eigenvalue weighted by Gasteiger charge is 2.17. The van der Waals surface area contributed by atoms with Crippen molar-refractivity contribution in [1.82, 2.24) is 0 Å². The van der Waals surface area contributed by atoms with E-state index in [9.17, 15) is 4.79 Å². The summed E-state index contributed by atoms with van der Waals surface area (Å²) in [5.41, 5.74) is 0.247. The Morgan fingerprint density at radius 2 is 2.35 bits per heavy atom. The maximum atomic E-state index is 10.9. The molecule has 1 atom stereocenters. The van der Waals surface area contributed by atoms with E-state index in [-0.39, 0.29) is 11.7 Å². The first-order chi connectivity index (χ1) is 8.16. The first-order valence-electron chi connectivity index (χ1n) is 5.44. The number of aromatic carboxylic acids is 1. The lowest BCUT2D eigenvalue weighted by Crippen LogP contribution is -2.28. The molecule has 1 fully saturated rings. The summed E-state index contributed by atoms with van der Waals surface area (Å²) in [7, 11) is 0. The number of benzene rings is 1. The lowest BCUT2D eigenvalue weighted by molar-refractivity contribution is 0.00701. The van der Waals surface area contributed by atoms with Gasteiger partial charge >= 0.3 is 5.97 Å². The summed E-state index contributed by atoms with van der Waals surface area (Å²) < 4.78 is 12.0. The first kappa shape index (κ1) is 12.6. The number of hydrogen-bond acceptors (Lipinski definition) is 3. The van der Waals surface area contributed by atoms with Crippen LogP contribution in [0.2, 0.25) is 0 Å². The number of rotatable bonds is 3. The summed E-state index contributed by atoms with van der Waals surface area (Å²) in [6.45, 7) is 1.36. The molecular weight excluding hydrogens is 335 g/mol. The summed E-state index contributed by atoms with van der Waals surface area (Å²) >= 11 is 2.14. The van der Waals surface area contributed by atoms with Crippen LogP contribution in [0, 0.1) is 3.57 Å². The fourth-order valence-electron chi connectivity index (χ4n) is 1.71. The van der Waals surface area contributed by atoms with Gasteiger partial charge in [0.15, 0.2) is 0 Å². The van der Waals surface area contributed by atoms with E-state index in [0.717, 1.165) is 23.0 Å². The Morgan fingerprint density at radius 1 is 1.53 bits per heavy atom. The third-order valence-electron chi connectivity index (χ3n) is 2.59. The zero-order valence-corrected chi connectivity index (χ0v) is 11.3. The number of carbonyl (C=O) groups is 1. The van der Waals surface area contributed by atoms with Crippen molar-refractivity contribution in [2.45, 2.75) is 18.9 Å². The van der Waals surface area contributed by atoms with Crippen LogP contribution in [0.15, 0.2) is 18.2 Å². The molecule has 1 saturated heterocycles. The second-order valence-electron chi connectivity index (χ2n) is 3.91. The Labute approximate surface area is 113 Å². The summed E-state index contributed by atoms with van der Waals surface area (Å²) in [6.07, 6.45) is 1.97. The van der Waals surface area contributed by atoms with Gasteiger partial charge in [-0.15, -0.1) is 0 Å². The summed E-state index contributed by atoms with van der Waals surface area (Å²) in [6, 6.07) is 4.90. The lowest BCUT2D eigenvalue weighted by Gasteiger charge is -2.23. The summed E-state index contributed by atoms with van der Waals surface area (Å²) in [5.74, 6) is -0.313. The van der Waals surface area contributed by atoms with E-state index >= 15 is 0 Å². The molecule has 1 aromatic carbocycles. The van der Waals surface area contributed by atoms with Crippen LogP contribution in [0.1, 0.15) is 23.2 Å². The maximum absolute atomic E-state index is 10.9. The van der Waals surface area contributed by atoms with Gasteiger partial charge in [0.2, 0.25) is 0 Å². The van der Waals surface area contributed by atoms with Crippen LogP contribution in [0.25, 0.3) is 0 Å². The minimum atomic E-state index is -0.939. The quantitative estimate of drug-likeness (QED) is 0.853. The van der Waals surface area contributed by atoms with Gasteiger partial charge in [-0.25, -0.2) is 4.79 Å². The molecule has 5 heteroatoms. The smallest absolute Gasteiger partial charge is 0.335 e. The monoisotopic (exact) mass is 348 g/mol. The van der Waals surface area contributed by atoms with Crippen LogP contribution in [0.5, 0.6) is 5.75 Å². The van der Waals surface area contributed by atoms with Crippen molar-refractivity contribution in [3.8, 4) is 5.75 Å². The SMILES string of the molecule is O=C(O)c1ccc(I)c(OC2CCCOC2)c1. The Balaban J connectivity index is 2.13. The molecule has 0 aliphatic carbocycles. The molecule has 0 spiro atoms. The average molecular weight is 348 g/mol. The number of carboxylic acids is 1. The average Bonchev–Trinajstić information content (AvgIpc) is 2.33. The van der Waals surface area contributed by atoms with Gasteiger partial charge in [0.25, 0.3) is 0 Å². The van der Waals surface area contributed by atoms with Crippen LogP contribution < -0.4 is 4.74 Å². The van der Waals surface area contributed by atoms with Gasteiger partial charge in [-0.2, -0.15) is 0 Å². The van der Waals surface area contributed by atoms with Crippen LogP contribution in [0.3, 0.4) is 0 Å². The zero-order chi connectivity index (χ0) is 12.3. The Kier molecular flexibility index (Phi) is 4.22. The van der Waals surface area contributed by atoms with Gasteiger partial charge in [0.05, 0.1) is 15.7 Å². The largest absolute Gasteiger partial charge is 0.487 e. The first-order valence-corrected chi connectivity index (χ1v) is 6.52. The second kappa shape index (κ2) is 5.68. The molecule has 1 unspecified atom stereocenters. The van der Waals surface area contributed by atoms with Crippen molar-refractivity contribution in [2.75, 3.05) is 13.2 Å². The summed E-state index contributed by atoms with van der Waals surface area (Å²) in [4.78, 5) is 10.9. The van der Waals surface area contributed by atoms with Gasteiger partial charge in [-0.05, 0) is 53.6 Å². The van der Waals surface area contributed by atoms with E-state index in [2.05, 4.69) is 22.6 Å². The fourth-order valence-corrected chi connectivity index (χ4v) is 2.17. The Hall–Kier alpha value is -0.820. The van der Waals surface area contributed by atoms with Crippen LogP contribution in [-0.4, -0.2) is 30.4 Å². The molecule has 0 amide bonds. The predicted octanol–water partition coefficient (Wildman–Crippen LogP) is 2.55. The number of hydrogen-bond donors (Lipinski definition) is 1. The van der Waals surface area contributed by atoms with Crippen molar-refractivity contribution in [2.24, 2.45) is 0 Å². The van der Waals surface area contributed by atoms with Gasteiger partial charge in [-0.1, -0.05) is 0 Å². The van der Waals surface area contributed by atoms with Crippen LogP contribution in [0.4, 0.5) is 0 Å². The minimum absolute atomic E-state index is 0.0290. The minimum Gasteiger partial charge on any atom is -0.487 e. The molecule has 1 aliphatic heterocycles. The third-order valence-corrected chi connectivity index (χ3v) is 3.48. The van der Waals surface area contributed by atoms with Crippen molar-refractivity contribution < 1.29 is 19.4 Å². The Bertz CT molecular complexity index is 413. The standard InChI is InChI=1S/C12H13IO4/c13-10-4-3-8(12(14)15)6-11(10)17-9-2-1-5-16-7-9/h3-4,6,9H,1-2,5,7H2,(H,14,15). The topological polar surface area (TPSA) is 55.8 Å². The van der Waals surface area contributed by atoms with Crippen molar-refractivity contribution in [1.29, 1.82) is 0 Å². The number of carboxylic acid groups (broad SMARTS) is 1. The normalized spacial score (nSPS) is 19.9. The molecule has 2 rings (SSSR count). The molecule has 1 heterocycles. The van der Waals surface area contributed by atoms with E-state index in [1.807, 2.05) is 0 Å². The number of ether oxygens (including phenoxy) is 2. The lowest BCUT2D eigenvalue weighted by atomic mass is 10.1. The molecule has 0 aromatic heterocycles. The van der Waals surface area contributed by atoms with Gasteiger partial charge in [-0.3, -0.25) is 0 Å². The van der Waals surface area contributed by atoms with Crippen molar-refractivity contribution in [3.63, 3.8) is 0 Å². The molecule has 92 valence electrons. The summed E-state index contributed by atoms with van der Waals surface area (Å²) in [5, 5.41) is 8.92. The highest BCUT2D eigenvalue weighted by molar-refractivity contribution is 14.1. The zero-order valence-electron chi connectivity index (χ0n) is 9.19. The van der Waals surface area contributed by atoms with Gasteiger partial charge in [0.1, 0.15) is 11.9 Å². The molecule has 0 bridgehead atoms. The van der Waals surface area contributed by atoms with Crippen LogP contribution >= 0.6 is 22.6 Å². The molecule has 17 heavy (non-hydrogen) atoms. The molecule has 0 saturated carbocycles. The molecule has 0 radical (unpaired) electrons. The highest BCUT2D eigenvalue weighted by atomic mass is 127. The maximum Gasteiger partial charge on any atom is 0.335 e.